The summed E-state index contributed by atoms with van der Waals surface area (Å²) in [4.78, 5) is 27.0. The van der Waals surface area contributed by atoms with Crippen molar-refractivity contribution in [3.63, 3.8) is 0 Å². The van der Waals surface area contributed by atoms with Crippen LogP contribution in [-0.2, 0) is 38.1 Å². The van der Waals surface area contributed by atoms with Crippen LogP contribution < -0.4 is 5.32 Å². The molecule has 0 spiro atoms. The number of aryl methyl sites for hydroxylation is 1. The molecule has 35 heavy (non-hydrogen) atoms. The fourth-order valence-electron chi connectivity index (χ4n) is 4.62. The number of anilines is 1. The number of amides is 1. The zero-order valence-corrected chi connectivity index (χ0v) is 22.6. The van der Waals surface area contributed by atoms with Crippen LogP contribution in [0.4, 0.5) is 5.00 Å². The van der Waals surface area contributed by atoms with Crippen molar-refractivity contribution in [1.29, 1.82) is 0 Å². The van der Waals surface area contributed by atoms with Gasteiger partial charge in [0.25, 0.3) is 0 Å². The molecule has 1 amide bonds. The highest BCUT2D eigenvalue weighted by atomic mass is 35.5. The maximum absolute atomic E-state index is 13.2. The standard InChI is InChI=1S/C24H28Cl2N2O5S2/c1-2-33-24(30)21-18-7-3-4-8-20(18)34-23(21)27-22(29)15-6-5-11-28(13-15)35(31,32)14-16-9-10-17(25)12-19(16)26/h9-10,12,15H,2-8,11,13-14H2,1H3,(H,27,29)/t15-/m0/s1. The molecule has 1 N–H and O–H groups in total. The Morgan fingerprint density at radius 2 is 1.97 bits per heavy atom. The lowest BCUT2D eigenvalue weighted by Gasteiger charge is -2.31. The second-order valence-corrected chi connectivity index (χ2v) is 12.7. The van der Waals surface area contributed by atoms with Crippen molar-refractivity contribution in [2.45, 2.75) is 51.2 Å². The van der Waals surface area contributed by atoms with Crippen LogP contribution in [0.2, 0.25) is 10.0 Å². The maximum atomic E-state index is 13.2. The first-order valence-corrected chi connectivity index (χ1v) is 14.9. The number of fused-ring (bicyclic) bond motifs is 1. The number of hydrogen-bond acceptors (Lipinski definition) is 6. The molecule has 2 aromatic rings. The lowest BCUT2D eigenvalue weighted by Crippen LogP contribution is -2.44. The van der Waals surface area contributed by atoms with E-state index in [1.165, 1.54) is 21.7 Å². The summed E-state index contributed by atoms with van der Waals surface area (Å²) in [6.45, 7) is 2.44. The fourth-order valence-corrected chi connectivity index (χ4v) is 8.10. The first kappa shape index (κ1) is 26.4. The van der Waals surface area contributed by atoms with E-state index in [0.717, 1.165) is 36.1 Å². The second-order valence-electron chi connectivity index (χ2n) is 8.81. The van der Waals surface area contributed by atoms with Crippen LogP contribution in [0.1, 0.15) is 59.0 Å². The van der Waals surface area contributed by atoms with Gasteiger partial charge in [0.05, 0.1) is 23.8 Å². The summed E-state index contributed by atoms with van der Waals surface area (Å²) in [7, 11) is -3.69. The number of sulfonamides is 1. The first-order chi connectivity index (χ1) is 16.7. The number of benzene rings is 1. The van der Waals surface area contributed by atoms with Gasteiger partial charge in [-0.2, -0.15) is 0 Å². The highest BCUT2D eigenvalue weighted by Gasteiger charge is 2.34. The van der Waals surface area contributed by atoms with Gasteiger partial charge in [-0.15, -0.1) is 11.3 Å². The number of rotatable bonds is 7. The normalized spacial score (nSPS) is 18.7. The first-order valence-electron chi connectivity index (χ1n) is 11.7. The van der Waals surface area contributed by atoms with Crippen molar-refractivity contribution < 1.29 is 22.7 Å². The highest BCUT2D eigenvalue weighted by Crippen LogP contribution is 2.39. The Bertz CT molecular complexity index is 1230. The number of esters is 1. The molecule has 1 atom stereocenters. The number of thiophene rings is 1. The lowest BCUT2D eigenvalue weighted by atomic mass is 9.95. The summed E-state index contributed by atoms with van der Waals surface area (Å²) in [6.07, 6.45) is 4.85. The highest BCUT2D eigenvalue weighted by molar-refractivity contribution is 7.88. The number of piperidine rings is 1. The Morgan fingerprint density at radius 3 is 2.71 bits per heavy atom. The van der Waals surface area contributed by atoms with Gasteiger partial charge in [-0.3, -0.25) is 4.79 Å². The number of halogens is 2. The molecule has 1 aromatic carbocycles. The molecule has 2 heterocycles. The van der Waals surface area contributed by atoms with Gasteiger partial charge in [0.2, 0.25) is 15.9 Å². The molecule has 7 nitrogen and oxygen atoms in total. The van der Waals surface area contributed by atoms with Crippen LogP contribution in [0.5, 0.6) is 0 Å². The average Bonchev–Trinajstić information content (AvgIpc) is 3.19. The van der Waals surface area contributed by atoms with Crippen LogP contribution in [0, 0.1) is 5.92 Å². The Hall–Kier alpha value is -1.65. The summed E-state index contributed by atoms with van der Waals surface area (Å²) < 4.78 is 32.8. The van der Waals surface area contributed by atoms with Crippen molar-refractivity contribution >= 4 is 61.4 Å². The average molecular weight is 560 g/mol. The number of nitrogens with one attached hydrogen (secondary N) is 1. The van der Waals surface area contributed by atoms with Crippen molar-refractivity contribution in [3.8, 4) is 0 Å². The van der Waals surface area contributed by atoms with E-state index in [1.807, 2.05) is 0 Å². The monoisotopic (exact) mass is 558 g/mol. The SMILES string of the molecule is CCOC(=O)c1c(NC(=O)[C@H]2CCCN(S(=O)(=O)Cc3ccc(Cl)cc3Cl)C2)sc2c1CCCC2. The molecule has 11 heteroatoms. The third kappa shape index (κ3) is 6.02. The van der Waals surface area contributed by atoms with Crippen LogP contribution in [-0.4, -0.2) is 44.3 Å². The van der Waals surface area contributed by atoms with Crippen molar-refractivity contribution in [1.82, 2.24) is 4.31 Å². The number of nitrogens with zero attached hydrogens (tertiary/aromatic N) is 1. The van der Waals surface area contributed by atoms with E-state index in [-0.39, 0.29) is 24.8 Å². The minimum Gasteiger partial charge on any atom is -0.462 e. The zero-order chi connectivity index (χ0) is 25.2. The van der Waals surface area contributed by atoms with Gasteiger partial charge in [-0.25, -0.2) is 17.5 Å². The Morgan fingerprint density at radius 1 is 1.20 bits per heavy atom. The molecule has 0 unspecified atom stereocenters. The molecule has 0 bridgehead atoms. The molecule has 1 saturated heterocycles. The summed E-state index contributed by atoms with van der Waals surface area (Å²) in [5.41, 5.74) is 1.89. The van der Waals surface area contributed by atoms with E-state index in [0.29, 0.717) is 45.6 Å². The minimum absolute atomic E-state index is 0.0825. The zero-order valence-electron chi connectivity index (χ0n) is 19.4. The van der Waals surface area contributed by atoms with E-state index < -0.39 is 21.9 Å². The fraction of sp³-hybridized carbons (Fsp3) is 0.500. The van der Waals surface area contributed by atoms with Crippen LogP contribution in [0.25, 0.3) is 0 Å². The van der Waals surface area contributed by atoms with E-state index in [4.69, 9.17) is 27.9 Å². The molecular formula is C24H28Cl2N2O5S2. The van der Waals surface area contributed by atoms with Gasteiger partial charge in [0.15, 0.2) is 0 Å². The summed E-state index contributed by atoms with van der Waals surface area (Å²) in [6, 6.07) is 4.72. The third-order valence-electron chi connectivity index (χ3n) is 6.39. The molecule has 4 rings (SSSR count). The predicted octanol–water partition coefficient (Wildman–Crippen LogP) is 5.29. The van der Waals surface area contributed by atoms with E-state index in [9.17, 15) is 18.0 Å². The molecule has 1 aliphatic heterocycles. The number of hydrogen-bond donors (Lipinski definition) is 1. The maximum Gasteiger partial charge on any atom is 0.341 e. The van der Waals surface area contributed by atoms with Crippen LogP contribution in [0.15, 0.2) is 18.2 Å². The minimum atomic E-state index is -3.69. The number of carbonyl (C=O) groups excluding carboxylic acids is 2. The van der Waals surface area contributed by atoms with Gasteiger partial charge in [-0.1, -0.05) is 29.3 Å². The number of ether oxygens (including phenoxy) is 1. The van der Waals surface area contributed by atoms with Crippen LogP contribution >= 0.6 is 34.5 Å². The van der Waals surface area contributed by atoms with E-state index in [1.54, 1.807) is 19.1 Å². The Balaban J connectivity index is 1.49. The smallest absolute Gasteiger partial charge is 0.341 e. The van der Waals surface area contributed by atoms with Crippen molar-refractivity contribution in [2.75, 3.05) is 25.0 Å². The predicted molar refractivity (Wildman–Crippen MR) is 139 cm³/mol. The van der Waals surface area contributed by atoms with Gasteiger partial charge < -0.3 is 10.1 Å². The third-order valence-corrected chi connectivity index (χ3v) is 9.98. The molecule has 2 aliphatic rings. The van der Waals surface area contributed by atoms with Crippen molar-refractivity contribution in [3.05, 3.63) is 49.8 Å². The summed E-state index contributed by atoms with van der Waals surface area (Å²) >= 11 is 13.5. The lowest BCUT2D eigenvalue weighted by molar-refractivity contribution is -0.120. The molecule has 1 aliphatic carbocycles. The van der Waals surface area contributed by atoms with Gasteiger partial charge in [0.1, 0.15) is 5.00 Å². The Kier molecular flexibility index (Phi) is 8.43. The molecule has 0 radical (unpaired) electrons. The molecule has 1 fully saturated rings. The van der Waals surface area contributed by atoms with Crippen molar-refractivity contribution in [2.24, 2.45) is 5.92 Å². The quantitative estimate of drug-likeness (QED) is 0.466. The molecule has 0 saturated carbocycles. The van der Waals surface area contributed by atoms with Crippen LogP contribution in [0.3, 0.4) is 0 Å². The Labute approximate surface area is 219 Å². The molecular weight excluding hydrogens is 531 g/mol. The number of carbonyl (C=O) groups is 2. The topological polar surface area (TPSA) is 92.8 Å². The molecule has 190 valence electrons. The van der Waals surface area contributed by atoms with E-state index >= 15 is 0 Å². The second kappa shape index (κ2) is 11.2. The van der Waals surface area contributed by atoms with Gasteiger partial charge in [-0.05, 0) is 68.7 Å². The molecule has 1 aromatic heterocycles. The van der Waals surface area contributed by atoms with Gasteiger partial charge >= 0.3 is 5.97 Å². The van der Waals surface area contributed by atoms with Gasteiger partial charge in [0, 0.05) is 28.0 Å². The summed E-state index contributed by atoms with van der Waals surface area (Å²) in [5, 5.41) is 4.17. The summed E-state index contributed by atoms with van der Waals surface area (Å²) in [5.74, 6) is -1.48. The van der Waals surface area contributed by atoms with E-state index in [2.05, 4.69) is 5.32 Å². The largest absolute Gasteiger partial charge is 0.462 e.